The molecular formula is C29H28ClF4N7O3. The summed E-state index contributed by atoms with van der Waals surface area (Å²) in [6, 6.07) is 10.0. The zero-order valence-electron chi connectivity index (χ0n) is 23.6. The van der Waals surface area contributed by atoms with Crippen molar-refractivity contribution in [2.75, 3.05) is 19.7 Å². The van der Waals surface area contributed by atoms with Crippen molar-refractivity contribution in [3.8, 4) is 23.0 Å². The van der Waals surface area contributed by atoms with E-state index in [9.17, 15) is 17.6 Å². The van der Waals surface area contributed by atoms with Gasteiger partial charge in [0.2, 0.25) is 5.82 Å². The van der Waals surface area contributed by atoms with E-state index in [1.54, 1.807) is 25.1 Å². The van der Waals surface area contributed by atoms with E-state index >= 15 is 0 Å². The molecule has 44 heavy (non-hydrogen) atoms. The number of likely N-dealkylation sites (tertiary alicyclic amines) is 1. The molecule has 0 saturated carbocycles. The molecule has 2 fully saturated rings. The Hall–Kier alpha value is -3.75. The molecule has 2 atom stereocenters. The molecule has 2 aromatic heterocycles. The second-order valence-electron chi connectivity index (χ2n) is 11.3. The van der Waals surface area contributed by atoms with Gasteiger partial charge in [-0.25, -0.2) is 9.37 Å². The number of aromatic amines is 1. The first-order valence-electron chi connectivity index (χ1n) is 14.3. The summed E-state index contributed by atoms with van der Waals surface area (Å²) in [5.41, 5.74) is -0.0770. The van der Waals surface area contributed by atoms with Gasteiger partial charge >= 0.3 is 6.18 Å². The van der Waals surface area contributed by atoms with Crippen molar-refractivity contribution in [1.82, 2.24) is 35.1 Å². The Bertz CT molecular complexity index is 1670. The number of nitrogens with zero attached hydrogens (tertiary/aromatic N) is 6. The van der Waals surface area contributed by atoms with Crippen LogP contribution in [0.2, 0.25) is 5.02 Å². The van der Waals surface area contributed by atoms with Gasteiger partial charge in [0.25, 0.3) is 5.79 Å². The summed E-state index contributed by atoms with van der Waals surface area (Å²) in [5.74, 6) is -0.636. The second-order valence-corrected chi connectivity index (χ2v) is 11.8. The van der Waals surface area contributed by atoms with E-state index < -0.39 is 23.5 Å². The van der Waals surface area contributed by atoms with Gasteiger partial charge in [-0.2, -0.15) is 18.4 Å². The van der Waals surface area contributed by atoms with Crippen molar-refractivity contribution in [1.29, 1.82) is 0 Å². The third-order valence-electron chi connectivity index (χ3n) is 8.48. The van der Waals surface area contributed by atoms with Crippen LogP contribution in [-0.4, -0.2) is 60.9 Å². The number of piperidine rings is 1. The Labute approximate surface area is 254 Å². The number of alkyl halides is 3. The number of rotatable bonds is 7. The molecular weight excluding hydrogens is 606 g/mol. The Morgan fingerprint density at radius 1 is 1.11 bits per heavy atom. The summed E-state index contributed by atoms with van der Waals surface area (Å²) in [4.78, 5) is 6.48. The van der Waals surface area contributed by atoms with Crippen molar-refractivity contribution in [2.24, 2.45) is 0 Å². The van der Waals surface area contributed by atoms with Gasteiger partial charge in [0.15, 0.2) is 17.2 Å². The lowest BCUT2D eigenvalue weighted by Crippen LogP contribution is -2.36. The van der Waals surface area contributed by atoms with Gasteiger partial charge in [0, 0.05) is 24.1 Å². The summed E-state index contributed by atoms with van der Waals surface area (Å²) in [5, 5.41) is 13.5. The lowest BCUT2D eigenvalue weighted by molar-refractivity contribution is -0.145. The average molecular weight is 634 g/mol. The summed E-state index contributed by atoms with van der Waals surface area (Å²) >= 11 is 5.94. The number of benzene rings is 2. The minimum atomic E-state index is -4.68. The minimum absolute atomic E-state index is 0.0337. The highest BCUT2D eigenvalue weighted by Crippen LogP contribution is 2.50. The van der Waals surface area contributed by atoms with Crippen LogP contribution >= 0.6 is 11.6 Å². The number of halogens is 5. The van der Waals surface area contributed by atoms with E-state index in [0.717, 1.165) is 18.4 Å². The Balaban J connectivity index is 1.10. The normalized spacial score (nSPS) is 22.4. The number of ether oxygens (including phenoxy) is 3. The van der Waals surface area contributed by atoms with Gasteiger partial charge in [-0.15, -0.1) is 10.2 Å². The first-order chi connectivity index (χ1) is 21.1. The molecule has 0 amide bonds. The van der Waals surface area contributed by atoms with Gasteiger partial charge in [-0.3, -0.25) is 4.90 Å². The third kappa shape index (κ3) is 5.28. The van der Waals surface area contributed by atoms with E-state index in [1.165, 1.54) is 10.6 Å². The van der Waals surface area contributed by atoms with Crippen molar-refractivity contribution in [3.63, 3.8) is 0 Å². The number of imidazole rings is 1. The average Bonchev–Trinajstić information content (AvgIpc) is 3.68. The summed E-state index contributed by atoms with van der Waals surface area (Å²) in [6.07, 6.45) is -2.88. The van der Waals surface area contributed by atoms with Crippen LogP contribution in [0, 0.1) is 5.82 Å². The lowest BCUT2D eigenvalue weighted by Gasteiger charge is -2.33. The lowest BCUT2D eigenvalue weighted by atomic mass is 9.88. The largest absolute Gasteiger partial charge is 0.444 e. The van der Waals surface area contributed by atoms with Crippen LogP contribution in [0.15, 0.2) is 36.4 Å². The highest BCUT2D eigenvalue weighted by atomic mass is 35.5. The topological polar surface area (TPSA) is 103 Å². The van der Waals surface area contributed by atoms with Crippen LogP contribution in [0.5, 0.6) is 11.5 Å². The number of tetrazole rings is 1. The van der Waals surface area contributed by atoms with Gasteiger partial charge in [-0.05, 0) is 67.7 Å². The van der Waals surface area contributed by atoms with Crippen LogP contribution < -0.4 is 9.47 Å². The Morgan fingerprint density at radius 3 is 2.57 bits per heavy atom. The predicted molar refractivity (Wildman–Crippen MR) is 148 cm³/mol. The molecule has 0 bridgehead atoms. The second kappa shape index (κ2) is 11.0. The van der Waals surface area contributed by atoms with E-state index in [-0.39, 0.29) is 53.0 Å². The maximum atomic E-state index is 14.8. The number of fused-ring (bicyclic) bond motifs is 1. The summed E-state index contributed by atoms with van der Waals surface area (Å²) < 4.78 is 77.0. The monoisotopic (exact) mass is 633 g/mol. The van der Waals surface area contributed by atoms with Gasteiger partial charge in [0.05, 0.1) is 24.8 Å². The molecule has 2 saturated heterocycles. The van der Waals surface area contributed by atoms with Crippen LogP contribution in [0.3, 0.4) is 0 Å². The van der Waals surface area contributed by atoms with E-state index in [1.807, 2.05) is 12.1 Å². The molecule has 3 aliphatic heterocycles. The van der Waals surface area contributed by atoms with Crippen molar-refractivity contribution < 1.29 is 31.8 Å². The highest BCUT2D eigenvalue weighted by Gasteiger charge is 2.44. The molecule has 2 unspecified atom stereocenters. The van der Waals surface area contributed by atoms with Crippen molar-refractivity contribution in [3.05, 3.63) is 69.9 Å². The first kappa shape index (κ1) is 29.0. The van der Waals surface area contributed by atoms with E-state index in [0.29, 0.717) is 37.6 Å². The number of hydrogen-bond acceptors (Lipinski definition) is 8. The number of aromatic nitrogens is 6. The van der Waals surface area contributed by atoms with Gasteiger partial charge in [-0.1, -0.05) is 23.7 Å². The number of para-hydroxylation sites is 1. The Morgan fingerprint density at radius 2 is 1.91 bits per heavy atom. The quantitative estimate of drug-likeness (QED) is 0.259. The zero-order valence-corrected chi connectivity index (χ0v) is 24.3. The molecule has 4 aromatic rings. The standard InChI is InChI=1S/C29H28ClF4N7O3/c1-28(20-6-5-17(30)13-21(20)31)43-22-4-2-3-19(25(22)44-28)16-7-10-40(11-8-16)15-23-35-24(27-36-38-39-37-27)26(29(32,33)34)41(23)14-18-9-12-42-18/h2-6,13,16,18H,7-12,14-15H2,1H3,(H,36,37,38,39). The fourth-order valence-electron chi connectivity index (χ4n) is 6.19. The molecule has 232 valence electrons. The molecule has 2 aromatic carbocycles. The SMILES string of the molecule is CC1(c2ccc(Cl)cc2F)Oc2cccc(C3CCN(Cc4nc(-c5nn[nH]n5)c(C(F)(F)F)n4CC4CCO4)CC3)c2O1. The smallest absolute Gasteiger partial charge is 0.433 e. The summed E-state index contributed by atoms with van der Waals surface area (Å²) in [6.45, 7) is 3.66. The first-order valence-corrected chi connectivity index (χ1v) is 14.7. The molecule has 0 radical (unpaired) electrons. The molecule has 1 N–H and O–H groups in total. The maximum absolute atomic E-state index is 14.8. The van der Waals surface area contributed by atoms with Crippen molar-refractivity contribution >= 4 is 11.6 Å². The number of nitrogens with one attached hydrogen (secondary N) is 1. The molecule has 0 aliphatic carbocycles. The summed E-state index contributed by atoms with van der Waals surface area (Å²) in [7, 11) is 0. The fraction of sp³-hybridized carbons (Fsp3) is 0.448. The van der Waals surface area contributed by atoms with Crippen LogP contribution in [0.4, 0.5) is 17.6 Å². The van der Waals surface area contributed by atoms with Gasteiger partial charge < -0.3 is 18.8 Å². The molecule has 0 spiro atoms. The van der Waals surface area contributed by atoms with Crippen LogP contribution in [0.25, 0.3) is 11.5 Å². The number of hydrogen-bond donors (Lipinski definition) is 1. The van der Waals surface area contributed by atoms with Crippen LogP contribution in [0.1, 0.15) is 54.7 Å². The Kier molecular flexibility index (Phi) is 7.25. The number of H-pyrrole nitrogens is 1. The van der Waals surface area contributed by atoms with Gasteiger partial charge in [0.1, 0.15) is 17.3 Å². The predicted octanol–water partition coefficient (Wildman–Crippen LogP) is 5.69. The highest BCUT2D eigenvalue weighted by molar-refractivity contribution is 6.30. The molecule has 5 heterocycles. The molecule has 7 rings (SSSR count). The molecule has 15 heteroatoms. The maximum Gasteiger partial charge on any atom is 0.433 e. The van der Waals surface area contributed by atoms with Crippen molar-refractivity contribution in [2.45, 2.75) is 63.3 Å². The van der Waals surface area contributed by atoms with E-state index in [2.05, 4.69) is 30.5 Å². The third-order valence-corrected chi connectivity index (χ3v) is 8.71. The van der Waals surface area contributed by atoms with Crippen LogP contribution in [-0.2, 0) is 29.8 Å². The molecule has 3 aliphatic rings. The zero-order chi connectivity index (χ0) is 30.6. The molecule has 10 nitrogen and oxygen atoms in total. The minimum Gasteiger partial charge on any atom is -0.444 e. The van der Waals surface area contributed by atoms with E-state index in [4.69, 9.17) is 25.8 Å². The fourth-order valence-corrected chi connectivity index (χ4v) is 6.35.